The Morgan fingerprint density at radius 3 is 2.11 bits per heavy atom. The number of carboxylic acid groups (broad SMARTS) is 1. The van der Waals surface area contributed by atoms with Crippen molar-refractivity contribution < 1.29 is 34.2 Å². The molecule has 12 heteroatoms. The maximum absolute atomic E-state index is 12.3. The Kier molecular flexibility index (Phi) is 11.4. The fourth-order valence-electron chi connectivity index (χ4n) is 2.06. The number of carboxylic acids is 1. The van der Waals surface area contributed by atoms with Crippen molar-refractivity contribution in [2.45, 2.75) is 51.2 Å². The second-order valence-electron chi connectivity index (χ2n) is 6.34. The standard InChI is InChI=1S/C16H29N5O7/c1-3-8(2)13(18)15(26)21-9(4-5-11(17)23)14(25)19-6-12(24)20-10(7-22)16(27)28/h8-10,13,22H,3-7,18H2,1-2H3,(H2,17,23)(H,19,25)(H,20,24)(H,21,26)(H,27,28). The van der Waals surface area contributed by atoms with Crippen LogP contribution in [0.15, 0.2) is 0 Å². The van der Waals surface area contributed by atoms with E-state index in [0.717, 1.165) is 0 Å². The molecule has 0 spiro atoms. The van der Waals surface area contributed by atoms with Crippen LogP contribution in [0.3, 0.4) is 0 Å². The number of aliphatic hydroxyl groups excluding tert-OH is 1. The van der Waals surface area contributed by atoms with E-state index in [0.29, 0.717) is 6.42 Å². The number of rotatable bonds is 13. The second kappa shape index (κ2) is 12.6. The van der Waals surface area contributed by atoms with Crippen molar-refractivity contribution in [3.05, 3.63) is 0 Å². The summed E-state index contributed by atoms with van der Waals surface area (Å²) in [5.74, 6) is -4.47. The number of nitrogens with one attached hydrogen (secondary N) is 3. The Morgan fingerprint density at radius 2 is 1.64 bits per heavy atom. The number of aliphatic carboxylic acids is 1. The molecule has 0 radical (unpaired) electrons. The van der Waals surface area contributed by atoms with Gasteiger partial charge in [-0.25, -0.2) is 4.79 Å². The van der Waals surface area contributed by atoms with E-state index in [4.69, 9.17) is 21.7 Å². The van der Waals surface area contributed by atoms with Crippen LogP contribution in [-0.4, -0.2) is 71.1 Å². The molecular formula is C16H29N5O7. The molecule has 0 bridgehead atoms. The van der Waals surface area contributed by atoms with Gasteiger partial charge in [-0.2, -0.15) is 0 Å². The number of carbonyl (C=O) groups excluding carboxylic acids is 4. The zero-order valence-electron chi connectivity index (χ0n) is 15.9. The van der Waals surface area contributed by atoms with Crippen LogP contribution in [0.4, 0.5) is 0 Å². The molecule has 0 saturated carbocycles. The Hall–Kier alpha value is -2.73. The largest absolute Gasteiger partial charge is 0.480 e. The van der Waals surface area contributed by atoms with Crippen LogP contribution in [0.2, 0.25) is 0 Å². The first-order valence-electron chi connectivity index (χ1n) is 8.78. The van der Waals surface area contributed by atoms with Crippen molar-refractivity contribution in [3.63, 3.8) is 0 Å². The van der Waals surface area contributed by atoms with E-state index in [2.05, 4.69) is 10.6 Å². The molecule has 0 aliphatic carbocycles. The highest BCUT2D eigenvalue weighted by Gasteiger charge is 2.27. The summed E-state index contributed by atoms with van der Waals surface area (Å²) < 4.78 is 0. The van der Waals surface area contributed by atoms with Gasteiger partial charge in [0.15, 0.2) is 0 Å². The molecule has 0 aliphatic rings. The molecule has 4 amide bonds. The smallest absolute Gasteiger partial charge is 0.328 e. The minimum Gasteiger partial charge on any atom is -0.480 e. The average Bonchev–Trinajstić information content (AvgIpc) is 2.65. The van der Waals surface area contributed by atoms with Gasteiger partial charge < -0.3 is 37.6 Å². The maximum atomic E-state index is 12.3. The maximum Gasteiger partial charge on any atom is 0.328 e. The minimum atomic E-state index is -1.51. The highest BCUT2D eigenvalue weighted by Crippen LogP contribution is 2.06. The fourth-order valence-corrected chi connectivity index (χ4v) is 2.06. The van der Waals surface area contributed by atoms with Gasteiger partial charge in [-0.15, -0.1) is 0 Å². The van der Waals surface area contributed by atoms with E-state index in [1.54, 1.807) is 6.92 Å². The molecule has 9 N–H and O–H groups in total. The van der Waals surface area contributed by atoms with Crippen LogP contribution >= 0.6 is 0 Å². The zero-order chi connectivity index (χ0) is 21.9. The lowest BCUT2D eigenvalue weighted by Crippen LogP contribution is -2.54. The molecule has 4 unspecified atom stereocenters. The quantitative estimate of drug-likeness (QED) is 0.166. The van der Waals surface area contributed by atoms with E-state index in [1.807, 2.05) is 12.2 Å². The summed E-state index contributed by atoms with van der Waals surface area (Å²) in [6.45, 7) is 2.21. The van der Waals surface area contributed by atoms with Crippen molar-refractivity contribution in [1.82, 2.24) is 16.0 Å². The van der Waals surface area contributed by atoms with Gasteiger partial charge in [0.1, 0.15) is 12.1 Å². The van der Waals surface area contributed by atoms with E-state index < -0.39 is 60.9 Å². The number of hydrogen-bond donors (Lipinski definition) is 7. The molecule has 0 aromatic carbocycles. The van der Waals surface area contributed by atoms with E-state index in [1.165, 1.54) is 0 Å². The van der Waals surface area contributed by atoms with Crippen molar-refractivity contribution in [1.29, 1.82) is 0 Å². The molecule has 0 aliphatic heterocycles. The van der Waals surface area contributed by atoms with Gasteiger partial charge in [0.05, 0.1) is 19.2 Å². The van der Waals surface area contributed by atoms with Gasteiger partial charge in [-0.1, -0.05) is 20.3 Å². The van der Waals surface area contributed by atoms with Crippen LogP contribution in [0.1, 0.15) is 33.1 Å². The predicted molar refractivity (Wildman–Crippen MR) is 97.5 cm³/mol. The van der Waals surface area contributed by atoms with E-state index >= 15 is 0 Å². The second-order valence-corrected chi connectivity index (χ2v) is 6.34. The lowest BCUT2D eigenvalue weighted by atomic mass is 9.98. The third kappa shape index (κ3) is 9.28. The summed E-state index contributed by atoms with van der Waals surface area (Å²) in [6.07, 6.45) is 0.355. The van der Waals surface area contributed by atoms with Gasteiger partial charge in [0.2, 0.25) is 23.6 Å². The summed E-state index contributed by atoms with van der Waals surface area (Å²) in [4.78, 5) is 57.9. The first-order chi connectivity index (χ1) is 13.0. The SMILES string of the molecule is CCC(C)C(N)C(=O)NC(CCC(N)=O)C(=O)NCC(=O)NC(CO)C(=O)O. The monoisotopic (exact) mass is 403 g/mol. The molecule has 12 nitrogen and oxygen atoms in total. The number of carbonyl (C=O) groups is 5. The fraction of sp³-hybridized carbons (Fsp3) is 0.688. The summed E-state index contributed by atoms with van der Waals surface area (Å²) >= 11 is 0. The molecule has 4 atom stereocenters. The Morgan fingerprint density at radius 1 is 1.04 bits per heavy atom. The molecule has 0 heterocycles. The van der Waals surface area contributed by atoms with Crippen LogP contribution in [0.5, 0.6) is 0 Å². The van der Waals surface area contributed by atoms with E-state index in [-0.39, 0.29) is 18.8 Å². The molecule has 0 aromatic rings. The molecule has 0 rings (SSSR count). The minimum absolute atomic E-state index is 0.101. The van der Waals surface area contributed by atoms with Crippen molar-refractivity contribution in [2.24, 2.45) is 17.4 Å². The van der Waals surface area contributed by atoms with Gasteiger partial charge in [-0.05, 0) is 12.3 Å². The van der Waals surface area contributed by atoms with Gasteiger partial charge in [0, 0.05) is 6.42 Å². The van der Waals surface area contributed by atoms with E-state index in [9.17, 15) is 24.0 Å². The first-order valence-corrected chi connectivity index (χ1v) is 8.78. The molecule has 160 valence electrons. The highest BCUT2D eigenvalue weighted by atomic mass is 16.4. The predicted octanol–water partition coefficient (Wildman–Crippen LogP) is -3.21. The normalized spacial score (nSPS) is 14.9. The molecule has 28 heavy (non-hydrogen) atoms. The van der Waals surface area contributed by atoms with Crippen molar-refractivity contribution in [2.75, 3.05) is 13.2 Å². The molecule has 0 saturated heterocycles. The molecule has 0 fully saturated rings. The average molecular weight is 403 g/mol. The third-order valence-electron chi connectivity index (χ3n) is 4.11. The number of primary amides is 1. The number of amides is 4. The number of aliphatic hydroxyl groups is 1. The van der Waals surface area contributed by atoms with Crippen LogP contribution in [-0.2, 0) is 24.0 Å². The lowest BCUT2D eigenvalue weighted by molar-refractivity contribution is -0.142. The summed E-state index contributed by atoms with van der Waals surface area (Å²) in [5.41, 5.74) is 10.9. The zero-order valence-corrected chi connectivity index (χ0v) is 15.9. The van der Waals surface area contributed by atoms with Crippen LogP contribution in [0, 0.1) is 5.92 Å². The first kappa shape index (κ1) is 25.3. The summed E-state index contributed by atoms with van der Waals surface area (Å²) in [6, 6.07) is -3.53. The van der Waals surface area contributed by atoms with Gasteiger partial charge >= 0.3 is 5.97 Å². The Labute approximate surface area is 162 Å². The van der Waals surface area contributed by atoms with Crippen LogP contribution < -0.4 is 27.4 Å². The summed E-state index contributed by atoms with van der Waals surface area (Å²) in [5, 5.41) is 24.3. The lowest BCUT2D eigenvalue weighted by Gasteiger charge is -2.23. The third-order valence-corrected chi connectivity index (χ3v) is 4.11. The number of hydrogen-bond acceptors (Lipinski definition) is 7. The van der Waals surface area contributed by atoms with Crippen molar-refractivity contribution >= 4 is 29.6 Å². The Balaban J connectivity index is 4.88. The Bertz CT molecular complexity index is 584. The molecular weight excluding hydrogens is 374 g/mol. The van der Waals surface area contributed by atoms with Gasteiger partial charge in [-0.3, -0.25) is 19.2 Å². The topological polar surface area (TPSA) is 214 Å². The summed E-state index contributed by atoms with van der Waals surface area (Å²) in [7, 11) is 0. The van der Waals surface area contributed by atoms with Crippen molar-refractivity contribution in [3.8, 4) is 0 Å². The number of nitrogens with two attached hydrogens (primary N) is 2. The highest BCUT2D eigenvalue weighted by molar-refractivity contribution is 5.93. The van der Waals surface area contributed by atoms with Crippen LogP contribution in [0.25, 0.3) is 0 Å². The van der Waals surface area contributed by atoms with Gasteiger partial charge in [0.25, 0.3) is 0 Å². The molecule has 0 aromatic heterocycles.